The molecule has 1 saturated heterocycles. The normalized spacial score (nSPS) is 16.9. The van der Waals surface area contributed by atoms with Crippen LogP contribution in [0.5, 0.6) is 0 Å². The van der Waals surface area contributed by atoms with Gasteiger partial charge in [-0.3, -0.25) is 4.79 Å². The largest absolute Gasteiger partial charge is 0.396 e. The van der Waals surface area contributed by atoms with Crippen molar-refractivity contribution in [3.05, 3.63) is 71.9 Å². The van der Waals surface area contributed by atoms with Crippen molar-refractivity contribution in [2.24, 2.45) is 5.92 Å². The molecule has 1 aromatic heterocycles. The number of benzene rings is 2. The molecule has 2 aromatic carbocycles. The van der Waals surface area contributed by atoms with Gasteiger partial charge in [0.05, 0.1) is 16.9 Å². The van der Waals surface area contributed by atoms with Gasteiger partial charge < -0.3 is 10.0 Å². The Kier molecular flexibility index (Phi) is 5.26. The standard InChI is InChI=1S/C23H25N3O2/c1-17-21(23(28)25-14-8-9-18(15-25)16-27)22(19-10-4-2-5-11-19)24-26(17)20-12-6-3-7-13-20/h2-7,10-13,18,27H,8-9,14-16H2,1H3/t18-/m0/s1. The van der Waals surface area contributed by atoms with E-state index in [0.717, 1.165) is 36.3 Å². The number of rotatable bonds is 4. The highest BCUT2D eigenvalue weighted by Gasteiger charge is 2.30. The number of nitrogens with zero attached hydrogens (tertiary/aromatic N) is 3. The molecule has 1 fully saturated rings. The minimum atomic E-state index is -0.00307. The van der Waals surface area contributed by atoms with Crippen LogP contribution in [0.15, 0.2) is 60.7 Å². The summed E-state index contributed by atoms with van der Waals surface area (Å²) in [6.07, 6.45) is 1.89. The van der Waals surface area contributed by atoms with Crippen molar-refractivity contribution in [1.82, 2.24) is 14.7 Å². The van der Waals surface area contributed by atoms with E-state index in [1.165, 1.54) is 0 Å². The summed E-state index contributed by atoms with van der Waals surface area (Å²) in [7, 11) is 0. The first-order valence-corrected chi connectivity index (χ1v) is 9.79. The highest BCUT2D eigenvalue weighted by atomic mass is 16.3. The third-order valence-electron chi connectivity index (χ3n) is 5.44. The number of aromatic nitrogens is 2. The molecule has 5 nitrogen and oxygen atoms in total. The summed E-state index contributed by atoms with van der Waals surface area (Å²) in [4.78, 5) is 15.4. The summed E-state index contributed by atoms with van der Waals surface area (Å²) in [5, 5.41) is 14.4. The summed E-state index contributed by atoms with van der Waals surface area (Å²) in [6.45, 7) is 3.39. The number of hydrogen-bond donors (Lipinski definition) is 1. The Labute approximate surface area is 165 Å². The summed E-state index contributed by atoms with van der Waals surface area (Å²) >= 11 is 0. The molecular weight excluding hydrogens is 350 g/mol. The number of likely N-dealkylation sites (tertiary alicyclic amines) is 1. The molecule has 0 bridgehead atoms. The van der Waals surface area contributed by atoms with Gasteiger partial charge in [0, 0.05) is 25.3 Å². The molecule has 0 spiro atoms. The second kappa shape index (κ2) is 7.98. The second-order valence-corrected chi connectivity index (χ2v) is 7.36. The van der Waals surface area contributed by atoms with Crippen LogP contribution in [0.25, 0.3) is 16.9 Å². The van der Waals surface area contributed by atoms with Crippen molar-refractivity contribution >= 4 is 5.91 Å². The molecule has 5 heteroatoms. The van der Waals surface area contributed by atoms with E-state index >= 15 is 0 Å². The topological polar surface area (TPSA) is 58.4 Å². The number of aliphatic hydroxyl groups is 1. The van der Waals surface area contributed by atoms with Crippen molar-refractivity contribution in [1.29, 1.82) is 0 Å². The fourth-order valence-corrected chi connectivity index (χ4v) is 3.93. The van der Waals surface area contributed by atoms with Crippen LogP contribution in [0.4, 0.5) is 0 Å². The molecule has 4 rings (SSSR count). The van der Waals surface area contributed by atoms with Crippen LogP contribution < -0.4 is 0 Å². The van der Waals surface area contributed by atoms with Crippen LogP contribution in [0.1, 0.15) is 28.9 Å². The van der Waals surface area contributed by atoms with Crippen LogP contribution in [0, 0.1) is 12.8 Å². The molecular formula is C23H25N3O2. The lowest BCUT2D eigenvalue weighted by atomic mass is 9.97. The summed E-state index contributed by atoms with van der Waals surface area (Å²) < 4.78 is 1.85. The van der Waals surface area contributed by atoms with Crippen LogP contribution in [-0.4, -0.2) is 45.4 Å². The molecule has 0 saturated carbocycles. The molecule has 1 N–H and O–H groups in total. The lowest BCUT2D eigenvalue weighted by molar-refractivity contribution is 0.0620. The molecule has 0 aliphatic carbocycles. The lowest BCUT2D eigenvalue weighted by Crippen LogP contribution is -2.41. The third-order valence-corrected chi connectivity index (χ3v) is 5.44. The maximum atomic E-state index is 13.5. The van der Waals surface area contributed by atoms with Gasteiger partial charge in [-0.25, -0.2) is 4.68 Å². The van der Waals surface area contributed by atoms with Gasteiger partial charge in [-0.1, -0.05) is 48.5 Å². The van der Waals surface area contributed by atoms with Gasteiger partial charge in [0.1, 0.15) is 5.69 Å². The van der Waals surface area contributed by atoms with E-state index in [4.69, 9.17) is 5.10 Å². The van der Waals surface area contributed by atoms with Gasteiger partial charge in [0.25, 0.3) is 5.91 Å². The summed E-state index contributed by atoms with van der Waals surface area (Å²) in [5.41, 5.74) is 4.05. The fraction of sp³-hybridized carbons (Fsp3) is 0.304. The van der Waals surface area contributed by atoms with Gasteiger partial charge in [-0.15, -0.1) is 0 Å². The minimum Gasteiger partial charge on any atom is -0.396 e. The van der Waals surface area contributed by atoms with Crippen LogP contribution in [-0.2, 0) is 0 Å². The third kappa shape index (κ3) is 3.45. The SMILES string of the molecule is Cc1c(C(=O)N2CCC[C@H](CO)C2)c(-c2ccccc2)nn1-c1ccccc1. The van der Waals surface area contributed by atoms with Gasteiger partial charge in [-0.05, 0) is 37.8 Å². The Bertz CT molecular complexity index is 951. The van der Waals surface area contributed by atoms with Crippen LogP contribution in [0.3, 0.4) is 0 Å². The number of para-hydroxylation sites is 1. The highest BCUT2D eigenvalue weighted by molar-refractivity contribution is 6.01. The Morgan fingerprint density at radius 3 is 2.46 bits per heavy atom. The molecule has 28 heavy (non-hydrogen) atoms. The molecule has 3 aromatic rings. The molecule has 0 unspecified atom stereocenters. The van der Waals surface area contributed by atoms with E-state index in [9.17, 15) is 9.90 Å². The average molecular weight is 375 g/mol. The zero-order chi connectivity index (χ0) is 19.5. The van der Waals surface area contributed by atoms with Gasteiger partial charge >= 0.3 is 0 Å². The van der Waals surface area contributed by atoms with Gasteiger partial charge in [-0.2, -0.15) is 5.10 Å². The molecule has 1 aliphatic heterocycles. The van der Waals surface area contributed by atoms with E-state index in [2.05, 4.69) is 0 Å². The smallest absolute Gasteiger partial charge is 0.258 e. The average Bonchev–Trinajstić information content (AvgIpc) is 3.11. The lowest BCUT2D eigenvalue weighted by Gasteiger charge is -2.32. The fourth-order valence-electron chi connectivity index (χ4n) is 3.93. The zero-order valence-corrected chi connectivity index (χ0v) is 16.1. The van der Waals surface area contributed by atoms with Crippen molar-refractivity contribution in [2.45, 2.75) is 19.8 Å². The maximum Gasteiger partial charge on any atom is 0.258 e. The van der Waals surface area contributed by atoms with Gasteiger partial charge in [0.2, 0.25) is 0 Å². The van der Waals surface area contributed by atoms with E-state index in [1.807, 2.05) is 77.2 Å². The Hall–Kier alpha value is -2.92. The zero-order valence-electron chi connectivity index (χ0n) is 16.1. The monoisotopic (exact) mass is 375 g/mol. The van der Waals surface area contributed by atoms with E-state index in [0.29, 0.717) is 17.8 Å². The number of hydrogen-bond acceptors (Lipinski definition) is 3. The van der Waals surface area contributed by atoms with Gasteiger partial charge in [0.15, 0.2) is 0 Å². The summed E-state index contributed by atoms with van der Waals surface area (Å²) in [5.74, 6) is 0.152. The Morgan fingerprint density at radius 2 is 1.79 bits per heavy atom. The van der Waals surface area contributed by atoms with Crippen molar-refractivity contribution in [3.8, 4) is 16.9 Å². The first-order chi connectivity index (χ1) is 13.7. The van der Waals surface area contributed by atoms with E-state index in [-0.39, 0.29) is 18.4 Å². The first kappa shape index (κ1) is 18.4. The predicted octanol–water partition coefficient (Wildman–Crippen LogP) is 3.69. The maximum absolute atomic E-state index is 13.5. The first-order valence-electron chi connectivity index (χ1n) is 9.79. The minimum absolute atomic E-state index is 0.00307. The number of amides is 1. The molecule has 2 heterocycles. The van der Waals surface area contributed by atoms with Crippen molar-refractivity contribution in [2.75, 3.05) is 19.7 Å². The molecule has 1 atom stereocenters. The van der Waals surface area contributed by atoms with Crippen LogP contribution >= 0.6 is 0 Å². The van der Waals surface area contributed by atoms with E-state index < -0.39 is 0 Å². The number of piperidine rings is 1. The molecule has 0 radical (unpaired) electrons. The number of carbonyl (C=O) groups excluding carboxylic acids is 1. The highest BCUT2D eigenvalue weighted by Crippen LogP contribution is 2.29. The second-order valence-electron chi connectivity index (χ2n) is 7.36. The predicted molar refractivity (Wildman–Crippen MR) is 109 cm³/mol. The summed E-state index contributed by atoms with van der Waals surface area (Å²) in [6, 6.07) is 19.7. The Balaban J connectivity index is 1.81. The molecule has 1 amide bonds. The van der Waals surface area contributed by atoms with Crippen LogP contribution in [0.2, 0.25) is 0 Å². The number of aliphatic hydroxyl groups excluding tert-OH is 1. The molecule has 144 valence electrons. The van der Waals surface area contributed by atoms with E-state index in [1.54, 1.807) is 0 Å². The Morgan fingerprint density at radius 1 is 1.11 bits per heavy atom. The quantitative estimate of drug-likeness (QED) is 0.757. The number of carbonyl (C=O) groups is 1. The van der Waals surface area contributed by atoms with Crippen molar-refractivity contribution in [3.63, 3.8) is 0 Å². The molecule has 1 aliphatic rings. The van der Waals surface area contributed by atoms with Crippen molar-refractivity contribution < 1.29 is 9.90 Å².